The smallest absolute Gasteiger partial charge is 0.261 e. The Balaban J connectivity index is 1.23. The molecule has 0 spiro atoms. The first kappa shape index (κ1) is 28.7. The van der Waals surface area contributed by atoms with Crippen molar-refractivity contribution in [3.8, 4) is 22.0 Å². The van der Waals surface area contributed by atoms with Gasteiger partial charge in [0.15, 0.2) is 0 Å². The minimum absolute atomic E-state index is 0.109. The lowest BCUT2D eigenvalue weighted by Crippen LogP contribution is -2.39. The molecule has 2 aliphatic heterocycles. The lowest BCUT2D eigenvalue weighted by molar-refractivity contribution is 0.0364. The fraction of sp³-hybridized carbons (Fsp3) is 0.364. The van der Waals surface area contributed by atoms with E-state index in [1.807, 2.05) is 31.2 Å². The molecule has 44 heavy (non-hydrogen) atoms. The van der Waals surface area contributed by atoms with Gasteiger partial charge in [0.05, 0.1) is 30.2 Å². The predicted octanol–water partition coefficient (Wildman–Crippen LogP) is 4.78. The molecule has 226 valence electrons. The third-order valence-corrected chi connectivity index (χ3v) is 9.53. The van der Waals surface area contributed by atoms with Crippen LogP contribution in [0.25, 0.3) is 33.0 Å². The first-order valence-electron chi connectivity index (χ1n) is 15.2. The van der Waals surface area contributed by atoms with Crippen LogP contribution in [0.15, 0.2) is 65.7 Å². The Morgan fingerprint density at radius 1 is 1.02 bits per heavy atom. The summed E-state index contributed by atoms with van der Waals surface area (Å²) in [6.07, 6.45) is 4.74. The summed E-state index contributed by atoms with van der Waals surface area (Å²) < 4.78 is 7.32. The van der Waals surface area contributed by atoms with E-state index in [2.05, 4.69) is 56.4 Å². The van der Waals surface area contributed by atoms with Crippen LogP contribution in [0.1, 0.15) is 22.8 Å². The molecule has 6 heterocycles. The summed E-state index contributed by atoms with van der Waals surface area (Å²) in [4.78, 5) is 38.7. The van der Waals surface area contributed by atoms with Crippen LogP contribution >= 0.6 is 11.3 Å². The van der Waals surface area contributed by atoms with Crippen LogP contribution in [0.3, 0.4) is 0 Å². The van der Waals surface area contributed by atoms with Gasteiger partial charge in [0.2, 0.25) is 5.95 Å². The van der Waals surface area contributed by atoms with Crippen molar-refractivity contribution < 1.29 is 4.74 Å². The number of nitrogens with one attached hydrogen (secondary N) is 1. The lowest BCUT2D eigenvalue weighted by Gasteiger charge is -2.27. The Morgan fingerprint density at radius 2 is 1.86 bits per heavy atom. The number of hydrogen-bond acceptors (Lipinski definition) is 10. The van der Waals surface area contributed by atoms with Gasteiger partial charge in [-0.05, 0) is 68.8 Å². The fourth-order valence-electron chi connectivity index (χ4n) is 6.08. The van der Waals surface area contributed by atoms with Gasteiger partial charge in [0.1, 0.15) is 10.7 Å². The van der Waals surface area contributed by atoms with Gasteiger partial charge in [-0.2, -0.15) is 4.98 Å². The highest BCUT2D eigenvalue weighted by Gasteiger charge is 2.22. The van der Waals surface area contributed by atoms with Crippen molar-refractivity contribution in [1.82, 2.24) is 34.3 Å². The molecule has 0 radical (unpaired) electrons. The molecule has 10 nitrogen and oxygen atoms in total. The van der Waals surface area contributed by atoms with E-state index in [-0.39, 0.29) is 5.56 Å². The monoisotopic (exact) mass is 608 g/mol. The SMILES string of the molecule is Cc1sc(-c2ccccn2)nc1-c1cc2cnc(Nc3ccc(C4CCN(C)C4)cc3)nc2n(CCN2CCOCC2)c1=O. The van der Waals surface area contributed by atoms with Gasteiger partial charge < -0.3 is 15.0 Å². The maximum Gasteiger partial charge on any atom is 0.261 e. The number of nitrogens with zero attached hydrogens (tertiary/aromatic N) is 7. The van der Waals surface area contributed by atoms with E-state index in [1.165, 1.54) is 12.0 Å². The molecule has 1 atom stereocenters. The number of pyridine rings is 2. The molecule has 1 unspecified atom stereocenters. The molecule has 0 aliphatic carbocycles. The zero-order valence-electron chi connectivity index (χ0n) is 25.1. The Morgan fingerprint density at radius 3 is 2.61 bits per heavy atom. The molecule has 11 heteroatoms. The van der Waals surface area contributed by atoms with Gasteiger partial charge in [-0.25, -0.2) is 9.97 Å². The largest absolute Gasteiger partial charge is 0.379 e. The molecular weight excluding hydrogens is 572 g/mol. The number of anilines is 2. The summed E-state index contributed by atoms with van der Waals surface area (Å²) in [6, 6.07) is 16.2. The lowest BCUT2D eigenvalue weighted by atomic mass is 9.98. The van der Waals surface area contributed by atoms with Gasteiger partial charge in [0, 0.05) is 61.1 Å². The summed E-state index contributed by atoms with van der Waals surface area (Å²) in [6.45, 7) is 8.56. The molecule has 0 amide bonds. The summed E-state index contributed by atoms with van der Waals surface area (Å²) in [5, 5.41) is 4.94. The molecule has 0 saturated carbocycles. The Bertz CT molecular complexity index is 1820. The third kappa shape index (κ3) is 6.00. The first-order valence-corrected chi connectivity index (χ1v) is 16.0. The molecule has 2 aliphatic rings. The second kappa shape index (κ2) is 12.5. The Kier molecular flexibility index (Phi) is 8.18. The highest BCUT2D eigenvalue weighted by molar-refractivity contribution is 7.15. The van der Waals surface area contributed by atoms with Gasteiger partial charge in [-0.15, -0.1) is 11.3 Å². The number of thiazole rings is 1. The van der Waals surface area contributed by atoms with Crippen LogP contribution in [0.4, 0.5) is 11.6 Å². The molecule has 1 N–H and O–H groups in total. The van der Waals surface area contributed by atoms with Crippen LogP contribution in [0.2, 0.25) is 0 Å². The molecular formula is C33H36N8O2S. The highest BCUT2D eigenvalue weighted by atomic mass is 32.1. The summed E-state index contributed by atoms with van der Waals surface area (Å²) in [7, 11) is 2.17. The maximum absolute atomic E-state index is 14.2. The normalized spacial score (nSPS) is 17.8. The topological polar surface area (TPSA) is 101 Å². The number of likely N-dealkylation sites (tertiary alicyclic amines) is 1. The fourth-order valence-corrected chi connectivity index (χ4v) is 6.99. The molecule has 2 saturated heterocycles. The molecule has 1 aromatic carbocycles. The first-order chi connectivity index (χ1) is 21.5. The number of hydrogen-bond donors (Lipinski definition) is 1. The molecule has 7 rings (SSSR count). The average Bonchev–Trinajstić information content (AvgIpc) is 3.67. The minimum atomic E-state index is -0.109. The second-order valence-corrected chi connectivity index (χ2v) is 12.8. The van der Waals surface area contributed by atoms with Crippen LogP contribution in [0, 0.1) is 6.92 Å². The number of rotatable bonds is 8. The average molecular weight is 609 g/mol. The molecule has 5 aromatic rings. The van der Waals surface area contributed by atoms with Crippen molar-refractivity contribution >= 4 is 34.0 Å². The Hall–Kier alpha value is -4.03. The zero-order chi connectivity index (χ0) is 30.0. The van der Waals surface area contributed by atoms with Gasteiger partial charge in [-0.1, -0.05) is 18.2 Å². The molecule has 4 aromatic heterocycles. The second-order valence-electron chi connectivity index (χ2n) is 11.6. The van der Waals surface area contributed by atoms with Crippen molar-refractivity contribution in [2.75, 3.05) is 58.3 Å². The summed E-state index contributed by atoms with van der Waals surface area (Å²) >= 11 is 1.54. The number of ether oxygens (including phenoxy) is 1. The van der Waals surface area contributed by atoms with Crippen LogP contribution < -0.4 is 10.9 Å². The highest BCUT2D eigenvalue weighted by Crippen LogP contribution is 2.32. The van der Waals surface area contributed by atoms with E-state index in [0.29, 0.717) is 48.5 Å². The molecule has 0 bridgehead atoms. The van der Waals surface area contributed by atoms with E-state index >= 15 is 0 Å². The van der Waals surface area contributed by atoms with E-state index in [4.69, 9.17) is 14.7 Å². The summed E-state index contributed by atoms with van der Waals surface area (Å²) in [5.41, 5.74) is 4.79. The number of likely N-dealkylation sites (N-methyl/N-ethyl adjacent to an activating group) is 1. The zero-order valence-corrected chi connectivity index (χ0v) is 25.9. The van der Waals surface area contributed by atoms with Crippen LogP contribution in [-0.2, 0) is 11.3 Å². The van der Waals surface area contributed by atoms with Crippen molar-refractivity contribution in [1.29, 1.82) is 0 Å². The minimum Gasteiger partial charge on any atom is -0.379 e. The third-order valence-electron chi connectivity index (χ3n) is 8.54. The quantitative estimate of drug-likeness (QED) is 0.267. The molecule has 2 fully saturated rings. The Labute approximate surface area is 260 Å². The van der Waals surface area contributed by atoms with Crippen LogP contribution in [0.5, 0.6) is 0 Å². The van der Waals surface area contributed by atoms with Crippen molar-refractivity contribution in [2.45, 2.75) is 25.8 Å². The number of aryl methyl sites for hydroxylation is 1. The van der Waals surface area contributed by atoms with Crippen molar-refractivity contribution in [3.05, 3.63) is 81.7 Å². The van der Waals surface area contributed by atoms with Crippen LogP contribution in [-0.4, -0.2) is 87.3 Å². The van der Waals surface area contributed by atoms with Gasteiger partial charge >= 0.3 is 0 Å². The standard InChI is InChI=1S/C33H36N8O2S/c1-22-29(37-31(44-22)28-5-3-4-11-34-28)27-19-25-20-35-33(36-26-8-6-23(7-9-26)24-10-12-39(2)21-24)38-30(25)41(32(27)42)14-13-40-15-17-43-18-16-40/h3-9,11,19-20,24H,10,12-18,21H2,1-2H3,(H,35,36,38). The van der Waals surface area contributed by atoms with Crippen molar-refractivity contribution in [2.24, 2.45) is 0 Å². The summed E-state index contributed by atoms with van der Waals surface area (Å²) in [5.74, 6) is 1.03. The number of aromatic nitrogens is 5. The predicted molar refractivity (Wildman–Crippen MR) is 175 cm³/mol. The number of benzene rings is 1. The van der Waals surface area contributed by atoms with E-state index < -0.39 is 0 Å². The number of fused-ring (bicyclic) bond motifs is 1. The van der Waals surface area contributed by atoms with Gasteiger partial charge in [0.25, 0.3) is 5.56 Å². The maximum atomic E-state index is 14.2. The van der Waals surface area contributed by atoms with E-state index in [1.54, 1.807) is 28.3 Å². The number of morpholine rings is 1. The van der Waals surface area contributed by atoms with E-state index in [0.717, 1.165) is 59.4 Å². The van der Waals surface area contributed by atoms with E-state index in [9.17, 15) is 4.79 Å². The van der Waals surface area contributed by atoms with Gasteiger partial charge in [-0.3, -0.25) is 19.2 Å². The van der Waals surface area contributed by atoms with Crippen molar-refractivity contribution in [3.63, 3.8) is 0 Å².